The minimum absolute atomic E-state index is 0.0225. The second kappa shape index (κ2) is 6.53. The SMILES string of the molecule is CCCc1sc(C(=O)N2CCC[C@@H]2CO)cc1CC. The molecule has 0 spiro atoms. The summed E-state index contributed by atoms with van der Waals surface area (Å²) in [5, 5.41) is 9.33. The van der Waals surface area contributed by atoms with Crippen molar-refractivity contribution in [3.05, 3.63) is 21.4 Å². The second-order valence-electron chi connectivity index (χ2n) is 5.14. The molecule has 1 amide bonds. The lowest BCUT2D eigenvalue weighted by Gasteiger charge is -2.22. The molecule has 0 radical (unpaired) electrons. The third kappa shape index (κ3) is 3.00. The highest BCUT2D eigenvalue weighted by atomic mass is 32.1. The minimum Gasteiger partial charge on any atom is -0.394 e. The molecule has 106 valence electrons. The van der Waals surface area contributed by atoms with Gasteiger partial charge in [-0.05, 0) is 37.3 Å². The molecule has 0 unspecified atom stereocenters. The average molecular weight is 281 g/mol. The smallest absolute Gasteiger partial charge is 0.264 e. The Labute approximate surface area is 119 Å². The summed E-state index contributed by atoms with van der Waals surface area (Å²) in [6.07, 6.45) is 5.10. The molecule has 19 heavy (non-hydrogen) atoms. The third-order valence-electron chi connectivity index (χ3n) is 3.81. The topological polar surface area (TPSA) is 40.5 Å². The van der Waals surface area contributed by atoms with E-state index in [-0.39, 0.29) is 18.6 Å². The summed E-state index contributed by atoms with van der Waals surface area (Å²) in [5.41, 5.74) is 1.31. The molecule has 0 bridgehead atoms. The first-order chi connectivity index (χ1) is 9.21. The summed E-state index contributed by atoms with van der Waals surface area (Å²) in [4.78, 5) is 16.6. The largest absolute Gasteiger partial charge is 0.394 e. The molecule has 0 saturated carbocycles. The lowest BCUT2D eigenvalue weighted by Crippen LogP contribution is -2.37. The first-order valence-corrected chi connectivity index (χ1v) is 8.06. The van der Waals surface area contributed by atoms with Gasteiger partial charge in [0.25, 0.3) is 5.91 Å². The van der Waals surface area contributed by atoms with Crippen LogP contribution < -0.4 is 0 Å². The first-order valence-electron chi connectivity index (χ1n) is 7.24. The van der Waals surface area contributed by atoms with Gasteiger partial charge in [0, 0.05) is 11.4 Å². The molecule has 2 heterocycles. The van der Waals surface area contributed by atoms with E-state index in [2.05, 4.69) is 19.9 Å². The standard InChI is InChI=1S/C15H23NO2S/c1-3-6-13-11(4-2)9-14(19-13)15(18)16-8-5-7-12(16)10-17/h9,12,17H,3-8,10H2,1-2H3/t12-/m1/s1. The molecule has 2 rings (SSSR count). The number of likely N-dealkylation sites (tertiary alicyclic amines) is 1. The maximum atomic E-state index is 12.5. The van der Waals surface area contributed by atoms with Crippen molar-refractivity contribution >= 4 is 17.2 Å². The summed E-state index contributed by atoms with van der Waals surface area (Å²) in [6.45, 7) is 5.18. The van der Waals surface area contributed by atoms with Crippen molar-refractivity contribution in [1.29, 1.82) is 0 Å². The van der Waals surface area contributed by atoms with E-state index >= 15 is 0 Å². The molecule has 1 aliphatic heterocycles. The lowest BCUT2D eigenvalue weighted by molar-refractivity contribution is 0.0682. The molecule has 1 atom stereocenters. The number of aliphatic hydroxyl groups is 1. The van der Waals surface area contributed by atoms with Gasteiger partial charge in [-0.25, -0.2) is 0 Å². The van der Waals surface area contributed by atoms with Crippen LogP contribution in [0.1, 0.15) is 53.2 Å². The average Bonchev–Trinajstić information content (AvgIpc) is 3.04. The highest BCUT2D eigenvalue weighted by molar-refractivity contribution is 7.14. The fourth-order valence-electron chi connectivity index (χ4n) is 2.74. The Morgan fingerprint density at radius 1 is 1.53 bits per heavy atom. The van der Waals surface area contributed by atoms with Crippen molar-refractivity contribution in [3.63, 3.8) is 0 Å². The molecule has 1 aromatic heterocycles. The predicted molar refractivity (Wildman–Crippen MR) is 78.8 cm³/mol. The van der Waals surface area contributed by atoms with Crippen LogP contribution in [-0.2, 0) is 12.8 Å². The summed E-state index contributed by atoms with van der Waals surface area (Å²) in [5.74, 6) is 0.110. The van der Waals surface area contributed by atoms with E-state index < -0.39 is 0 Å². The highest BCUT2D eigenvalue weighted by Gasteiger charge is 2.29. The van der Waals surface area contributed by atoms with Crippen LogP contribution in [0, 0.1) is 0 Å². The van der Waals surface area contributed by atoms with E-state index in [1.807, 2.05) is 4.90 Å². The Balaban J connectivity index is 2.19. The molecular weight excluding hydrogens is 258 g/mol. The van der Waals surface area contributed by atoms with Gasteiger partial charge < -0.3 is 10.0 Å². The highest BCUT2D eigenvalue weighted by Crippen LogP contribution is 2.28. The van der Waals surface area contributed by atoms with E-state index in [0.717, 1.165) is 43.5 Å². The third-order valence-corrected chi connectivity index (χ3v) is 5.04. The fraction of sp³-hybridized carbons (Fsp3) is 0.667. The number of thiophene rings is 1. The van der Waals surface area contributed by atoms with Gasteiger partial charge in [-0.1, -0.05) is 20.3 Å². The van der Waals surface area contributed by atoms with Crippen LogP contribution in [0.5, 0.6) is 0 Å². The van der Waals surface area contributed by atoms with Crippen LogP contribution in [0.25, 0.3) is 0 Å². The molecule has 0 aromatic carbocycles. The summed E-state index contributed by atoms with van der Waals surface area (Å²) < 4.78 is 0. The predicted octanol–water partition coefficient (Wildman–Crippen LogP) is 2.86. The Kier molecular flexibility index (Phi) is 4.99. The molecule has 3 nitrogen and oxygen atoms in total. The Morgan fingerprint density at radius 2 is 2.32 bits per heavy atom. The zero-order valence-electron chi connectivity index (χ0n) is 11.8. The zero-order chi connectivity index (χ0) is 13.8. The van der Waals surface area contributed by atoms with E-state index in [1.165, 1.54) is 10.4 Å². The van der Waals surface area contributed by atoms with Crippen molar-refractivity contribution in [2.45, 2.75) is 52.0 Å². The maximum Gasteiger partial charge on any atom is 0.264 e. The lowest BCUT2D eigenvalue weighted by atomic mass is 10.1. The number of rotatable bonds is 5. The van der Waals surface area contributed by atoms with Gasteiger partial charge in [0.05, 0.1) is 17.5 Å². The second-order valence-corrected chi connectivity index (χ2v) is 6.28. The van der Waals surface area contributed by atoms with E-state index in [9.17, 15) is 9.90 Å². The quantitative estimate of drug-likeness (QED) is 0.901. The number of amides is 1. The van der Waals surface area contributed by atoms with E-state index in [1.54, 1.807) is 11.3 Å². The van der Waals surface area contributed by atoms with Crippen molar-refractivity contribution in [3.8, 4) is 0 Å². The number of carbonyl (C=O) groups excluding carboxylic acids is 1. The molecule has 4 heteroatoms. The number of aliphatic hydroxyl groups excluding tert-OH is 1. The van der Waals surface area contributed by atoms with Gasteiger partial charge in [0.1, 0.15) is 0 Å². The number of carbonyl (C=O) groups is 1. The van der Waals surface area contributed by atoms with Crippen LogP contribution in [0.4, 0.5) is 0 Å². The van der Waals surface area contributed by atoms with Crippen LogP contribution >= 0.6 is 11.3 Å². The van der Waals surface area contributed by atoms with Gasteiger partial charge in [-0.2, -0.15) is 0 Å². The molecule has 1 saturated heterocycles. The molecule has 1 fully saturated rings. The number of aryl methyl sites for hydroxylation is 2. The monoisotopic (exact) mass is 281 g/mol. The Bertz CT molecular complexity index is 441. The van der Waals surface area contributed by atoms with E-state index in [4.69, 9.17) is 0 Å². The number of nitrogens with zero attached hydrogens (tertiary/aromatic N) is 1. The van der Waals surface area contributed by atoms with Crippen molar-refractivity contribution in [2.24, 2.45) is 0 Å². The van der Waals surface area contributed by atoms with Crippen LogP contribution in [0.15, 0.2) is 6.07 Å². The molecule has 1 N–H and O–H groups in total. The summed E-state index contributed by atoms with van der Waals surface area (Å²) in [7, 11) is 0. The van der Waals surface area contributed by atoms with Gasteiger partial charge >= 0.3 is 0 Å². The van der Waals surface area contributed by atoms with Crippen molar-refractivity contribution < 1.29 is 9.90 Å². The fourth-order valence-corrected chi connectivity index (χ4v) is 4.06. The van der Waals surface area contributed by atoms with Gasteiger partial charge in [0.2, 0.25) is 0 Å². The number of hydrogen-bond donors (Lipinski definition) is 1. The van der Waals surface area contributed by atoms with Gasteiger partial charge in [-0.3, -0.25) is 4.79 Å². The Hall–Kier alpha value is -0.870. The molecular formula is C15H23NO2S. The summed E-state index contributed by atoms with van der Waals surface area (Å²) in [6, 6.07) is 2.08. The van der Waals surface area contributed by atoms with Crippen molar-refractivity contribution in [2.75, 3.05) is 13.2 Å². The first kappa shape index (κ1) is 14.5. The zero-order valence-corrected chi connectivity index (χ0v) is 12.6. The van der Waals surface area contributed by atoms with Crippen LogP contribution in [0.2, 0.25) is 0 Å². The van der Waals surface area contributed by atoms with Crippen molar-refractivity contribution in [1.82, 2.24) is 4.90 Å². The van der Waals surface area contributed by atoms with Gasteiger partial charge in [0.15, 0.2) is 0 Å². The van der Waals surface area contributed by atoms with E-state index in [0.29, 0.717) is 0 Å². The van der Waals surface area contributed by atoms with Crippen LogP contribution in [-0.4, -0.2) is 35.1 Å². The van der Waals surface area contributed by atoms with Gasteiger partial charge in [-0.15, -0.1) is 11.3 Å². The number of hydrogen-bond acceptors (Lipinski definition) is 3. The van der Waals surface area contributed by atoms with Crippen LogP contribution in [0.3, 0.4) is 0 Å². The Morgan fingerprint density at radius 3 is 2.95 bits per heavy atom. The summed E-state index contributed by atoms with van der Waals surface area (Å²) >= 11 is 1.64. The molecule has 1 aliphatic rings. The molecule has 1 aromatic rings. The normalized spacial score (nSPS) is 19.1. The molecule has 0 aliphatic carbocycles. The maximum absolute atomic E-state index is 12.5. The minimum atomic E-state index is 0.0225.